The van der Waals surface area contributed by atoms with Crippen LogP contribution in [-0.4, -0.2) is 22.4 Å². The first-order chi connectivity index (χ1) is 14.3. The molecule has 1 aliphatic carbocycles. The molecule has 0 aliphatic heterocycles. The molecule has 0 radical (unpaired) electrons. The highest BCUT2D eigenvalue weighted by Crippen LogP contribution is 2.30. The minimum atomic E-state index is -4.75. The van der Waals surface area contributed by atoms with Crippen molar-refractivity contribution in [2.75, 3.05) is 10.6 Å². The molecule has 4 rings (SSSR count). The largest absolute Gasteiger partial charge is 0.573 e. The summed E-state index contributed by atoms with van der Waals surface area (Å²) in [5.74, 6) is 0.750. The van der Waals surface area contributed by atoms with E-state index in [2.05, 4.69) is 31.4 Å². The van der Waals surface area contributed by atoms with Crippen LogP contribution < -0.4 is 15.4 Å². The summed E-state index contributed by atoms with van der Waals surface area (Å²) in [4.78, 5) is 9.01. The monoisotopic (exact) mass is 414 g/mol. The molecule has 0 unspecified atom stereocenters. The maximum Gasteiger partial charge on any atom is 0.573 e. The summed E-state index contributed by atoms with van der Waals surface area (Å²) in [6, 6.07) is 16.0. The van der Waals surface area contributed by atoms with Gasteiger partial charge in [-0.2, -0.15) is 4.98 Å². The molecule has 0 saturated heterocycles. The Morgan fingerprint density at radius 1 is 1.03 bits per heavy atom. The number of alkyl halides is 3. The van der Waals surface area contributed by atoms with E-state index in [1.807, 2.05) is 25.1 Å². The highest BCUT2D eigenvalue weighted by Gasteiger charge is 2.31. The zero-order chi connectivity index (χ0) is 21.1. The normalized spacial score (nSPS) is 13.7. The minimum absolute atomic E-state index is 0.287. The van der Waals surface area contributed by atoms with Gasteiger partial charge in [-0.25, -0.2) is 4.98 Å². The lowest BCUT2D eigenvalue weighted by molar-refractivity contribution is -0.274. The number of hydrogen-bond donors (Lipinski definition) is 2. The van der Waals surface area contributed by atoms with E-state index in [-0.39, 0.29) is 5.75 Å². The second-order valence-electron chi connectivity index (χ2n) is 7.30. The SMILES string of the molecule is Cc1cccc(CNc2cc(-c3cccc(OC(F)(F)F)c3)nc(NC3CC3)n2)c1. The lowest BCUT2D eigenvalue weighted by atomic mass is 10.1. The molecule has 0 amide bonds. The van der Waals surface area contributed by atoms with Crippen LogP contribution in [0.3, 0.4) is 0 Å². The molecule has 156 valence electrons. The Balaban J connectivity index is 1.60. The molecule has 1 saturated carbocycles. The van der Waals surface area contributed by atoms with Gasteiger partial charge in [0.1, 0.15) is 11.6 Å². The van der Waals surface area contributed by atoms with Crippen LogP contribution in [0.4, 0.5) is 24.9 Å². The van der Waals surface area contributed by atoms with Crippen molar-refractivity contribution in [2.45, 2.75) is 38.7 Å². The van der Waals surface area contributed by atoms with Gasteiger partial charge in [0.25, 0.3) is 0 Å². The summed E-state index contributed by atoms with van der Waals surface area (Å²) >= 11 is 0. The van der Waals surface area contributed by atoms with E-state index < -0.39 is 6.36 Å². The molecule has 8 heteroatoms. The first-order valence-corrected chi connectivity index (χ1v) is 9.65. The third-order valence-electron chi connectivity index (χ3n) is 4.56. The van der Waals surface area contributed by atoms with E-state index in [4.69, 9.17) is 0 Å². The van der Waals surface area contributed by atoms with E-state index in [1.165, 1.54) is 18.2 Å². The quantitative estimate of drug-likeness (QED) is 0.532. The van der Waals surface area contributed by atoms with Crippen molar-refractivity contribution >= 4 is 11.8 Å². The van der Waals surface area contributed by atoms with Gasteiger partial charge in [0.15, 0.2) is 0 Å². The fraction of sp³-hybridized carbons (Fsp3) is 0.273. The Bertz CT molecular complexity index is 1030. The number of halogens is 3. The first kappa shape index (κ1) is 20.0. The fourth-order valence-electron chi connectivity index (χ4n) is 3.03. The number of rotatable bonds is 7. The molecule has 2 N–H and O–H groups in total. The molecule has 2 aromatic carbocycles. The van der Waals surface area contributed by atoms with Crippen LogP contribution >= 0.6 is 0 Å². The Hall–Kier alpha value is -3.29. The van der Waals surface area contributed by atoms with Crippen LogP contribution in [0.25, 0.3) is 11.3 Å². The van der Waals surface area contributed by atoms with Gasteiger partial charge in [-0.05, 0) is 37.5 Å². The Morgan fingerprint density at radius 3 is 2.57 bits per heavy atom. The van der Waals surface area contributed by atoms with Crippen molar-refractivity contribution < 1.29 is 17.9 Å². The molecule has 0 bridgehead atoms. The van der Waals surface area contributed by atoms with Gasteiger partial charge < -0.3 is 15.4 Å². The van der Waals surface area contributed by atoms with Crippen molar-refractivity contribution in [1.29, 1.82) is 0 Å². The highest BCUT2D eigenvalue weighted by molar-refractivity contribution is 5.66. The minimum Gasteiger partial charge on any atom is -0.406 e. The van der Waals surface area contributed by atoms with Crippen LogP contribution in [0.5, 0.6) is 5.75 Å². The zero-order valence-electron chi connectivity index (χ0n) is 16.3. The van der Waals surface area contributed by atoms with Crippen molar-refractivity contribution in [3.63, 3.8) is 0 Å². The molecule has 30 heavy (non-hydrogen) atoms. The Morgan fingerprint density at radius 2 is 1.83 bits per heavy atom. The third kappa shape index (κ3) is 5.62. The van der Waals surface area contributed by atoms with E-state index in [1.54, 1.807) is 12.1 Å². The molecule has 1 aromatic heterocycles. The zero-order valence-corrected chi connectivity index (χ0v) is 16.3. The van der Waals surface area contributed by atoms with Gasteiger partial charge >= 0.3 is 6.36 Å². The van der Waals surface area contributed by atoms with E-state index in [0.29, 0.717) is 35.6 Å². The number of ether oxygens (including phenoxy) is 1. The van der Waals surface area contributed by atoms with Gasteiger partial charge in [0, 0.05) is 24.2 Å². The maximum absolute atomic E-state index is 12.6. The van der Waals surface area contributed by atoms with Gasteiger partial charge in [-0.3, -0.25) is 0 Å². The topological polar surface area (TPSA) is 59.1 Å². The summed E-state index contributed by atoms with van der Waals surface area (Å²) in [6.07, 6.45) is -2.65. The third-order valence-corrected chi connectivity index (χ3v) is 4.56. The van der Waals surface area contributed by atoms with Crippen LogP contribution in [0, 0.1) is 6.92 Å². The fourth-order valence-corrected chi connectivity index (χ4v) is 3.03. The van der Waals surface area contributed by atoms with Gasteiger partial charge in [0.05, 0.1) is 5.69 Å². The Labute approximate surface area is 172 Å². The number of nitrogens with one attached hydrogen (secondary N) is 2. The highest BCUT2D eigenvalue weighted by atomic mass is 19.4. The van der Waals surface area contributed by atoms with Crippen LogP contribution in [0.15, 0.2) is 54.6 Å². The summed E-state index contributed by atoms with van der Waals surface area (Å²) in [5.41, 5.74) is 3.28. The predicted molar refractivity (Wildman–Crippen MR) is 109 cm³/mol. The number of aromatic nitrogens is 2. The smallest absolute Gasteiger partial charge is 0.406 e. The number of aryl methyl sites for hydroxylation is 1. The van der Waals surface area contributed by atoms with Crippen molar-refractivity contribution in [2.24, 2.45) is 0 Å². The lowest BCUT2D eigenvalue weighted by Gasteiger charge is -2.13. The lowest BCUT2D eigenvalue weighted by Crippen LogP contribution is -2.17. The number of nitrogens with zero attached hydrogens (tertiary/aromatic N) is 2. The molecule has 5 nitrogen and oxygen atoms in total. The van der Waals surface area contributed by atoms with Crippen molar-refractivity contribution in [3.05, 3.63) is 65.7 Å². The standard InChI is InChI=1S/C22H21F3N4O/c1-14-4-2-5-15(10-14)13-26-20-12-19(28-21(29-20)27-17-8-9-17)16-6-3-7-18(11-16)30-22(23,24)25/h2-7,10-12,17H,8-9,13H2,1H3,(H2,26,27,28,29). The molecule has 1 aliphatic rings. The average molecular weight is 414 g/mol. The van der Waals surface area contributed by atoms with Crippen LogP contribution in [-0.2, 0) is 6.54 Å². The van der Waals surface area contributed by atoms with Crippen LogP contribution in [0.2, 0.25) is 0 Å². The van der Waals surface area contributed by atoms with E-state index >= 15 is 0 Å². The number of hydrogen-bond acceptors (Lipinski definition) is 5. The van der Waals surface area contributed by atoms with Crippen molar-refractivity contribution in [3.8, 4) is 17.0 Å². The van der Waals surface area contributed by atoms with E-state index in [9.17, 15) is 13.2 Å². The number of anilines is 2. The molecule has 0 atom stereocenters. The molecular formula is C22H21F3N4O. The Kier molecular flexibility index (Phi) is 5.48. The second kappa shape index (κ2) is 8.22. The summed E-state index contributed by atoms with van der Waals surface area (Å²) in [7, 11) is 0. The summed E-state index contributed by atoms with van der Waals surface area (Å²) < 4.78 is 41.8. The predicted octanol–water partition coefficient (Wildman–Crippen LogP) is 5.54. The molecule has 3 aromatic rings. The first-order valence-electron chi connectivity index (χ1n) is 9.65. The van der Waals surface area contributed by atoms with Gasteiger partial charge in [0.2, 0.25) is 5.95 Å². The van der Waals surface area contributed by atoms with Gasteiger partial charge in [-0.1, -0.05) is 42.0 Å². The molecular weight excluding hydrogens is 393 g/mol. The van der Waals surface area contributed by atoms with Gasteiger partial charge in [-0.15, -0.1) is 13.2 Å². The van der Waals surface area contributed by atoms with E-state index in [0.717, 1.165) is 24.0 Å². The average Bonchev–Trinajstić information content (AvgIpc) is 3.49. The maximum atomic E-state index is 12.6. The molecule has 0 spiro atoms. The summed E-state index contributed by atoms with van der Waals surface area (Å²) in [6.45, 7) is 2.60. The summed E-state index contributed by atoms with van der Waals surface area (Å²) in [5, 5.41) is 6.54. The van der Waals surface area contributed by atoms with Crippen molar-refractivity contribution in [1.82, 2.24) is 9.97 Å². The molecule has 1 fully saturated rings. The number of benzene rings is 2. The molecule has 1 heterocycles. The van der Waals surface area contributed by atoms with Crippen LogP contribution in [0.1, 0.15) is 24.0 Å². The second-order valence-corrected chi connectivity index (χ2v) is 7.30.